The molecule has 18 heavy (non-hydrogen) atoms. The number of benzene rings is 2. The van der Waals surface area contributed by atoms with E-state index in [2.05, 4.69) is 9.98 Å². The summed E-state index contributed by atoms with van der Waals surface area (Å²) in [6.07, 6.45) is 1.50. The van der Waals surface area contributed by atoms with E-state index >= 15 is 0 Å². The molecule has 0 bridgehead atoms. The molecule has 4 heteroatoms. The minimum Gasteiger partial charge on any atom is -0.353 e. The molecule has 1 aromatic heterocycles. The molecule has 0 unspecified atom stereocenters. The first-order chi connectivity index (χ1) is 8.81. The van der Waals surface area contributed by atoms with Crippen LogP contribution in [0.25, 0.3) is 21.8 Å². The Balaban J connectivity index is 2.59. The van der Waals surface area contributed by atoms with Crippen LogP contribution in [0.1, 0.15) is 0 Å². The molecule has 0 aliphatic carbocycles. The fourth-order valence-electron chi connectivity index (χ4n) is 2.07. The fraction of sp³-hybridized carbons (Fsp3) is 0. The Bertz CT molecular complexity index is 858. The predicted molar refractivity (Wildman–Crippen MR) is 69.9 cm³/mol. The van der Waals surface area contributed by atoms with Gasteiger partial charge in [0.25, 0.3) is 0 Å². The van der Waals surface area contributed by atoms with Crippen molar-refractivity contribution in [3.05, 3.63) is 52.7 Å². The molecular weight excluding hydrogens is 228 g/mol. The van der Waals surface area contributed by atoms with Crippen molar-refractivity contribution in [2.75, 3.05) is 0 Å². The zero-order chi connectivity index (χ0) is 12.5. The molecule has 0 aliphatic heterocycles. The molecule has 0 saturated heterocycles. The van der Waals surface area contributed by atoms with E-state index in [0.717, 1.165) is 5.52 Å². The van der Waals surface area contributed by atoms with Gasteiger partial charge in [-0.3, -0.25) is 4.79 Å². The Morgan fingerprint density at radius 1 is 1.00 bits per heavy atom. The van der Waals surface area contributed by atoms with Crippen LogP contribution in [0.15, 0.2) is 52.3 Å². The number of isocyanates is 1. The number of nitrogens with one attached hydrogen (secondary N) is 1. The summed E-state index contributed by atoms with van der Waals surface area (Å²) in [6.45, 7) is 0. The summed E-state index contributed by atoms with van der Waals surface area (Å²) in [4.78, 5) is 29.4. The minimum absolute atomic E-state index is 0.0673. The number of hydrogen-bond donors (Lipinski definition) is 1. The van der Waals surface area contributed by atoms with Gasteiger partial charge in [0.05, 0.1) is 5.52 Å². The smallest absolute Gasteiger partial charge is 0.240 e. The summed E-state index contributed by atoms with van der Waals surface area (Å²) >= 11 is 0. The Morgan fingerprint density at radius 3 is 2.61 bits per heavy atom. The number of pyridine rings is 1. The first-order valence-corrected chi connectivity index (χ1v) is 5.43. The van der Waals surface area contributed by atoms with Gasteiger partial charge >= 0.3 is 0 Å². The maximum atomic E-state index is 12.3. The van der Waals surface area contributed by atoms with E-state index in [1.54, 1.807) is 24.3 Å². The first-order valence-electron chi connectivity index (χ1n) is 5.43. The monoisotopic (exact) mass is 236 g/mol. The normalized spacial score (nSPS) is 10.4. The lowest BCUT2D eigenvalue weighted by Crippen LogP contribution is -2.03. The van der Waals surface area contributed by atoms with Crippen molar-refractivity contribution in [1.29, 1.82) is 0 Å². The number of aromatic amines is 1. The van der Waals surface area contributed by atoms with Gasteiger partial charge in [0.15, 0.2) is 5.43 Å². The highest BCUT2D eigenvalue weighted by molar-refractivity contribution is 5.97. The third kappa shape index (κ3) is 1.44. The average molecular weight is 236 g/mol. The highest BCUT2D eigenvalue weighted by Gasteiger charge is 2.07. The number of aromatic nitrogens is 1. The summed E-state index contributed by atoms with van der Waals surface area (Å²) in [5, 5.41) is 1.14. The number of H-pyrrole nitrogens is 1. The average Bonchev–Trinajstić information content (AvgIpc) is 2.40. The van der Waals surface area contributed by atoms with E-state index in [9.17, 15) is 9.59 Å². The van der Waals surface area contributed by atoms with Crippen LogP contribution in [0.4, 0.5) is 5.69 Å². The molecule has 0 radical (unpaired) electrons. The molecule has 0 saturated carbocycles. The standard InChI is InChI=1S/C14H8N2O2/c17-8-15-12-7-3-5-10-13(12)16-11-6-2-1-4-9(11)14(10)18/h1-7H,(H,16,18). The molecule has 1 heterocycles. The quantitative estimate of drug-likeness (QED) is 0.401. The van der Waals surface area contributed by atoms with Crippen molar-refractivity contribution < 1.29 is 4.79 Å². The minimum atomic E-state index is -0.0673. The third-order valence-electron chi connectivity index (χ3n) is 2.88. The number of nitrogens with zero attached hydrogens (tertiary/aromatic N) is 1. The maximum absolute atomic E-state index is 12.3. The fourth-order valence-corrected chi connectivity index (χ4v) is 2.07. The molecule has 0 fully saturated rings. The van der Waals surface area contributed by atoms with Gasteiger partial charge in [-0.2, -0.15) is 4.99 Å². The van der Waals surface area contributed by atoms with Crippen molar-refractivity contribution in [3.63, 3.8) is 0 Å². The topological polar surface area (TPSA) is 62.3 Å². The van der Waals surface area contributed by atoms with E-state index in [4.69, 9.17) is 0 Å². The Hall–Kier alpha value is -2.71. The van der Waals surface area contributed by atoms with Crippen LogP contribution in [0, 0.1) is 0 Å². The van der Waals surface area contributed by atoms with Gasteiger partial charge in [-0.15, -0.1) is 0 Å². The van der Waals surface area contributed by atoms with E-state index in [1.807, 2.05) is 18.2 Å². The highest BCUT2D eigenvalue weighted by atomic mass is 16.1. The van der Waals surface area contributed by atoms with Crippen LogP contribution in [-0.4, -0.2) is 11.1 Å². The highest BCUT2D eigenvalue weighted by Crippen LogP contribution is 2.23. The zero-order valence-electron chi connectivity index (χ0n) is 9.31. The van der Waals surface area contributed by atoms with Gasteiger partial charge in [0, 0.05) is 16.3 Å². The van der Waals surface area contributed by atoms with Crippen LogP contribution in [0.5, 0.6) is 0 Å². The predicted octanol–water partition coefficient (Wildman–Crippen LogP) is 2.65. The molecular formula is C14H8N2O2. The van der Waals surface area contributed by atoms with E-state index < -0.39 is 0 Å². The second-order valence-electron chi connectivity index (χ2n) is 3.90. The molecule has 0 aliphatic rings. The third-order valence-corrected chi connectivity index (χ3v) is 2.88. The number of fused-ring (bicyclic) bond motifs is 2. The molecule has 2 aromatic carbocycles. The number of carbonyl (C=O) groups excluding carboxylic acids is 1. The number of aliphatic imine (C=N–C) groups is 1. The van der Waals surface area contributed by atoms with Crippen LogP contribution >= 0.6 is 0 Å². The lowest BCUT2D eigenvalue weighted by molar-refractivity contribution is 0.565. The van der Waals surface area contributed by atoms with Crippen molar-refractivity contribution >= 4 is 33.6 Å². The van der Waals surface area contributed by atoms with Gasteiger partial charge in [0.2, 0.25) is 6.08 Å². The Labute approximate surface area is 102 Å². The molecule has 1 N–H and O–H groups in total. The van der Waals surface area contributed by atoms with Crippen molar-refractivity contribution in [1.82, 2.24) is 4.98 Å². The van der Waals surface area contributed by atoms with Gasteiger partial charge in [-0.1, -0.05) is 18.2 Å². The maximum Gasteiger partial charge on any atom is 0.240 e. The van der Waals surface area contributed by atoms with Crippen molar-refractivity contribution in [3.8, 4) is 0 Å². The summed E-state index contributed by atoms with van der Waals surface area (Å²) in [6, 6.07) is 12.3. The molecule has 3 aromatic rings. The number of rotatable bonds is 1. The summed E-state index contributed by atoms with van der Waals surface area (Å²) in [5.41, 5.74) is 1.64. The van der Waals surface area contributed by atoms with Crippen LogP contribution in [-0.2, 0) is 4.79 Å². The van der Waals surface area contributed by atoms with Crippen LogP contribution in [0.3, 0.4) is 0 Å². The lowest BCUT2D eigenvalue weighted by atomic mass is 10.1. The molecule has 0 spiro atoms. The summed E-state index contributed by atoms with van der Waals surface area (Å²) in [5.74, 6) is 0. The second kappa shape index (κ2) is 3.95. The molecule has 86 valence electrons. The molecule has 0 atom stereocenters. The van der Waals surface area contributed by atoms with E-state index in [1.165, 1.54) is 6.08 Å². The lowest BCUT2D eigenvalue weighted by Gasteiger charge is -2.03. The van der Waals surface area contributed by atoms with E-state index in [-0.39, 0.29) is 5.43 Å². The second-order valence-corrected chi connectivity index (χ2v) is 3.90. The molecule has 3 rings (SSSR count). The van der Waals surface area contributed by atoms with Gasteiger partial charge < -0.3 is 4.98 Å². The Morgan fingerprint density at radius 2 is 1.78 bits per heavy atom. The molecule has 0 amide bonds. The first kappa shape index (κ1) is 10.4. The largest absolute Gasteiger partial charge is 0.353 e. The zero-order valence-corrected chi connectivity index (χ0v) is 9.31. The number of hydrogen-bond acceptors (Lipinski definition) is 3. The van der Waals surface area contributed by atoms with Crippen molar-refractivity contribution in [2.45, 2.75) is 0 Å². The SMILES string of the molecule is O=C=Nc1cccc2c(=O)c3ccccc3[nH]c12. The van der Waals surface area contributed by atoms with Crippen LogP contribution < -0.4 is 5.43 Å². The van der Waals surface area contributed by atoms with Crippen LogP contribution in [0.2, 0.25) is 0 Å². The van der Waals surface area contributed by atoms with Gasteiger partial charge in [-0.05, 0) is 24.3 Å². The van der Waals surface area contributed by atoms with E-state index in [0.29, 0.717) is 22.0 Å². The summed E-state index contributed by atoms with van der Waals surface area (Å²) in [7, 11) is 0. The Kier molecular flexibility index (Phi) is 2.29. The van der Waals surface area contributed by atoms with Crippen molar-refractivity contribution in [2.24, 2.45) is 4.99 Å². The number of para-hydroxylation sites is 2. The van der Waals surface area contributed by atoms with Gasteiger partial charge in [-0.25, -0.2) is 4.79 Å². The molecule has 4 nitrogen and oxygen atoms in total. The summed E-state index contributed by atoms with van der Waals surface area (Å²) < 4.78 is 0. The van der Waals surface area contributed by atoms with Gasteiger partial charge in [0.1, 0.15) is 5.69 Å².